The first-order valence-corrected chi connectivity index (χ1v) is 10.3. The van der Waals surface area contributed by atoms with Crippen LogP contribution in [0, 0.1) is 0 Å². The largest absolute Gasteiger partial charge is 0.338 e. The van der Waals surface area contributed by atoms with E-state index >= 15 is 0 Å². The second-order valence-electron chi connectivity index (χ2n) is 5.25. The van der Waals surface area contributed by atoms with Crippen LogP contribution in [0.25, 0.3) is 0 Å². The van der Waals surface area contributed by atoms with Crippen molar-refractivity contribution < 1.29 is 33.6 Å². The molecule has 0 aromatic heterocycles. The van der Waals surface area contributed by atoms with E-state index in [2.05, 4.69) is 0 Å². The van der Waals surface area contributed by atoms with Crippen LogP contribution >= 0.6 is 21.6 Å². The van der Waals surface area contributed by atoms with E-state index in [0.29, 0.717) is 36.0 Å². The molecule has 11 heteroatoms. The van der Waals surface area contributed by atoms with Crippen molar-refractivity contribution >= 4 is 51.2 Å². The summed E-state index contributed by atoms with van der Waals surface area (Å²) >= 11 is 0. The lowest BCUT2D eigenvalue weighted by Gasteiger charge is -2.14. The average Bonchev–Trinajstić information content (AvgIpc) is 3.11. The molecule has 2 saturated heterocycles. The third-order valence-electron chi connectivity index (χ3n) is 3.30. The minimum Gasteiger partial charge on any atom is -0.338 e. The number of nitrogens with zero attached hydrogens (tertiary/aromatic N) is 2. The van der Waals surface area contributed by atoms with Crippen molar-refractivity contribution in [3.05, 3.63) is 0 Å². The van der Waals surface area contributed by atoms with Gasteiger partial charge in [0.25, 0.3) is 17.7 Å². The molecule has 9 nitrogen and oxygen atoms in total. The van der Waals surface area contributed by atoms with E-state index in [-0.39, 0.29) is 31.6 Å². The Morgan fingerprint density at radius 2 is 1.40 bits per heavy atom. The van der Waals surface area contributed by atoms with Gasteiger partial charge in [0.2, 0.25) is 0 Å². The molecule has 0 aliphatic carbocycles. The zero-order chi connectivity index (χ0) is 18.2. The number of carbonyl (C=O) groups excluding carboxylic acids is 5. The smallest absolute Gasteiger partial charge is 0.334 e. The zero-order valence-electron chi connectivity index (χ0n) is 13.4. The van der Waals surface area contributed by atoms with Gasteiger partial charge in [-0.15, -0.1) is 5.06 Å². The van der Waals surface area contributed by atoms with Gasteiger partial charge in [0, 0.05) is 30.8 Å². The second-order valence-corrected chi connectivity index (χ2v) is 7.95. The molecule has 25 heavy (non-hydrogen) atoms. The van der Waals surface area contributed by atoms with Gasteiger partial charge in [0.15, 0.2) is 0 Å². The molecule has 3 amide bonds. The molecule has 0 atom stereocenters. The van der Waals surface area contributed by atoms with Gasteiger partial charge in [0.05, 0.1) is 19.4 Å². The number of carbonyl (C=O) groups is 5. The quantitative estimate of drug-likeness (QED) is 0.321. The zero-order valence-corrected chi connectivity index (χ0v) is 15.1. The topological polar surface area (TPSA) is 110 Å². The van der Waals surface area contributed by atoms with Crippen LogP contribution in [0.15, 0.2) is 0 Å². The molecule has 0 unspecified atom stereocenters. The highest BCUT2D eigenvalue weighted by molar-refractivity contribution is 8.76. The van der Waals surface area contributed by atoms with Crippen LogP contribution in [-0.4, -0.2) is 57.8 Å². The SMILES string of the molecule is O=C(CCSSCCC(=O)ON1C(=O)CCC1=O)ON1CCCC1=O. The van der Waals surface area contributed by atoms with Crippen LogP contribution in [0.2, 0.25) is 0 Å². The van der Waals surface area contributed by atoms with Gasteiger partial charge in [-0.05, 0) is 6.42 Å². The molecule has 0 radical (unpaired) electrons. The summed E-state index contributed by atoms with van der Waals surface area (Å²) in [5, 5.41) is 1.62. The molecule has 2 aliphatic heterocycles. The lowest BCUT2D eigenvalue weighted by molar-refractivity contribution is -0.197. The molecule has 0 aromatic rings. The van der Waals surface area contributed by atoms with Crippen LogP contribution in [0.4, 0.5) is 0 Å². The van der Waals surface area contributed by atoms with Crippen LogP contribution in [0.3, 0.4) is 0 Å². The van der Waals surface area contributed by atoms with Crippen molar-refractivity contribution in [1.82, 2.24) is 10.1 Å². The third kappa shape index (κ3) is 6.24. The Morgan fingerprint density at radius 1 is 0.840 bits per heavy atom. The number of rotatable bonds is 9. The van der Waals surface area contributed by atoms with Crippen LogP contribution in [0.5, 0.6) is 0 Å². The lowest BCUT2D eigenvalue weighted by atomic mass is 10.4. The normalized spacial score (nSPS) is 17.4. The van der Waals surface area contributed by atoms with Gasteiger partial charge < -0.3 is 9.68 Å². The second kappa shape index (κ2) is 9.66. The average molecular weight is 390 g/mol. The summed E-state index contributed by atoms with van der Waals surface area (Å²) in [7, 11) is 2.75. The summed E-state index contributed by atoms with van der Waals surface area (Å²) in [6.07, 6.45) is 1.43. The fourth-order valence-corrected chi connectivity index (χ4v) is 4.00. The molecule has 138 valence electrons. The summed E-state index contributed by atoms with van der Waals surface area (Å²) in [6.45, 7) is 0.441. The van der Waals surface area contributed by atoms with Crippen molar-refractivity contribution in [3.63, 3.8) is 0 Å². The fourth-order valence-electron chi connectivity index (χ4n) is 2.06. The number of imide groups is 1. The van der Waals surface area contributed by atoms with Gasteiger partial charge in [-0.25, -0.2) is 9.59 Å². The Morgan fingerprint density at radius 3 is 1.92 bits per heavy atom. The molecular weight excluding hydrogens is 372 g/mol. The van der Waals surface area contributed by atoms with E-state index in [0.717, 1.165) is 5.06 Å². The first-order chi connectivity index (χ1) is 12.0. The van der Waals surface area contributed by atoms with Crippen molar-refractivity contribution in [2.45, 2.75) is 38.5 Å². The highest BCUT2D eigenvalue weighted by Gasteiger charge is 2.32. The predicted octanol–water partition coefficient (Wildman–Crippen LogP) is 0.836. The van der Waals surface area contributed by atoms with E-state index in [4.69, 9.17) is 9.68 Å². The summed E-state index contributed by atoms with van der Waals surface area (Å²) in [5.41, 5.74) is 0. The highest BCUT2D eigenvalue weighted by atomic mass is 33.1. The maximum absolute atomic E-state index is 11.6. The lowest BCUT2D eigenvalue weighted by Crippen LogP contribution is -2.32. The monoisotopic (exact) mass is 390 g/mol. The molecule has 0 N–H and O–H groups in total. The summed E-state index contributed by atoms with van der Waals surface area (Å²) in [4.78, 5) is 66.7. The summed E-state index contributed by atoms with van der Waals surface area (Å²) < 4.78 is 0. The maximum Gasteiger partial charge on any atom is 0.334 e. The Labute approximate surface area is 152 Å². The first-order valence-electron chi connectivity index (χ1n) is 7.79. The predicted molar refractivity (Wildman–Crippen MR) is 88.4 cm³/mol. The Hall–Kier alpha value is -1.75. The third-order valence-corrected chi connectivity index (χ3v) is 5.71. The van der Waals surface area contributed by atoms with E-state index in [1.54, 1.807) is 0 Å². The van der Waals surface area contributed by atoms with E-state index in [1.807, 2.05) is 0 Å². The van der Waals surface area contributed by atoms with Gasteiger partial charge in [-0.1, -0.05) is 21.6 Å². The van der Waals surface area contributed by atoms with Crippen molar-refractivity contribution in [2.75, 3.05) is 18.1 Å². The number of hydroxylamine groups is 4. The molecule has 0 saturated carbocycles. The van der Waals surface area contributed by atoms with Gasteiger partial charge in [-0.2, -0.15) is 5.06 Å². The van der Waals surface area contributed by atoms with Crippen molar-refractivity contribution in [2.24, 2.45) is 0 Å². The maximum atomic E-state index is 11.6. The number of hydrogen-bond donors (Lipinski definition) is 0. The standard InChI is InChI=1S/C14H18N2O7S2/c17-10-2-1-7-15(10)22-13(20)5-8-24-25-9-6-14(21)23-16-11(18)3-4-12(16)19/h1-9H2. The molecule has 2 heterocycles. The van der Waals surface area contributed by atoms with Gasteiger partial charge in [0.1, 0.15) is 0 Å². The molecule has 0 bridgehead atoms. The van der Waals surface area contributed by atoms with Gasteiger partial charge in [-0.3, -0.25) is 14.4 Å². The van der Waals surface area contributed by atoms with Crippen LogP contribution < -0.4 is 0 Å². The molecule has 2 aliphatic rings. The number of hydrogen-bond acceptors (Lipinski definition) is 9. The van der Waals surface area contributed by atoms with E-state index < -0.39 is 23.8 Å². The molecule has 2 rings (SSSR count). The molecule has 0 aromatic carbocycles. The Balaban J connectivity index is 1.49. The minimum atomic E-state index is -0.649. The Bertz CT molecular complexity index is 553. The van der Waals surface area contributed by atoms with Crippen LogP contribution in [-0.2, 0) is 33.6 Å². The summed E-state index contributed by atoms with van der Waals surface area (Å²) in [5.74, 6) is -1.41. The number of amides is 3. The van der Waals surface area contributed by atoms with Crippen molar-refractivity contribution in [1.29, 1.82) is 0 Å². The molecule has 0 spiro atoms. The minimum absolute atomic E-state index is 0.0431. The highest BCUT2D eigenvalue weighted by Crippen LogP contribution is 2.23. The molecule has 2 fully saturated rings. The van der Waals surface area contributed by atoms with Crippen molar-refractivity contribution in [3.8, 4) is 0 Å². The summed E-state index contributed by atoms with van der Waals surface area (Å²) in [6, 6.07) is 0. The first kappa shape index (κ1) is 19.6. The van der Waals surface area contributed by atoms with E-state index in [1.165, 1.54) is 21.6 Å². The van der Waals surface area contributed by atoms with E-state index in [9.17, 15) is 24.0 Å². The van der Waals surface area contributed by atoms with Gasteiger partial charge >= 0.3 is 11.9 Å². The van der Waals surface area contributed by atoms with Crippen LogP contribution in [0.1, 0.15) is 38.5 Å². The molecular formula is C14H18N2O7S2. The Kier molecular flexibility index (Phi) is 7.56. The fraction of sp³-hybridized carbons (Fsp3) is 0.643.